The number of nitrogens with zero attached hydrogens (tertiary/aromatic N) is 5. The van der Waals surface area contributed by atoms with E-state index in [0.29, 0.717) is 23.2 Å². The van der Waals surface area contributed by atoms with Gasteiger partial charge in [0.1, 0.15) is 5.82 Å². The van der Waals surface area contributed by atoms with Crippen LogP contribution in [0.5, 0.6) is 0 Å². The highest BCUT2D eigenvalue weighted by atomic mass is 32.1. The summed E-state index contributed by atoms with van der Waals surface area (Å²) in [6, 6.07) is 9.89. The number of benzene rings is 1. The molecule has 4 rings (SSSR count). The standard InChI is InChI=1S/C21H24N6OS/c1-6-26-10-9-16(25-26)19(28)23-18-11-13(2)24-27(18)20-22-15-8-7-14(21(3,4)5)12-17(15)29-20/h7-12H,6H2,1-5H3,(H,23,28). The number of aryl methyl sites for hydroxylation is 2. The van der Waals surface area contributed by atoms with Crippen molar-refractivity contribution >= 4 is 33.3 Å². The summed E-state index contributed by atoms with van der Waals surface area (Å²) in [7, 11) is 0. The van der Waals surface area contributed by atoms with Crippen molar-refractivity contribution in [3.8, 4) is 5.13 Å². The minimum absolute atomic E-state index is 0.0711. The SMILES string of the molecule is CCn1ccc(C(=O)Nc2cc(C)nn2-c2nc3ccc(C(C)(C)C)cc3s2)n1. The molecule has 0 bridgehead atoms. The number of carbonyl (C=O) groups excluding carboxylic acids is 1. The number of anilines is 1. The second-order valence-corrected chi connectivity index (χ2v) is 9.03. The van der Waals surface area contributed by atoms with Crippen LogP contribution in [-0.2, 0) is 12.0 Å². The molecule has 0 unspecified atom stereocenters. The van der Waals surface area contributed by atoms with Crippen LogP contribution in [0.4, 0.5) is 5.82 Å². The van der Waals surface area contributed by atoms with Gasteiger partial charge in [-0.1, -0.05) is 38.2 Å². The maximum atomic E-state index is 12.6. The molecule has 1 N–H and O–H groups in total. The summed E-state index contributed by atoms with van der Waals surface area (Å²) < 4.78 is 4.50. The van der Waals surface area contributed by atoms with Crippen LogP contribution in [0.25, 0.3) is 15.3 Å². The van der Waals surface area contributed by atoms with Crippen LogP contribution in [0.15, 0.2) is 36.5 Å². The summed E-state index contributed by atoms with van der Waals surface area (Å²) in [6.45, 7) is 11.2. The monoisotopic (exact) mass is 408 g/mol. The van der Waals surface area contributed by atoms with Crippen LogP contribution in [0.2, 0.25) is 0 Å². The van der Waals surface area contributed by atoms with Gasteiger partial charge in [-0.3, -0.25) is 9.48 Å². The fraction of sp³-hybridized carbons (Fsp3) is 0.333. The molecule has 8 heteroatoms. The van der Waals surface area contributed by atoms with Crippen molar-refractivity contribution in [2.75, 3.05) is 5.32 Å². The topological polar surface area (TPSA) is 77.6 Å². The fourth-order valence-corrected chi connectivity index (χ4v) is 4.01. The lowest BCUT2D eigenvalue weighted by Crippen LogP contribution is -2.16. The molecular weight excluding hydrogens is 384 g/mol. The molecule has 3 aromatic heterocycles. The van der Waals surface area contributed by atoms with Gasteiger partial charge in [-0.2, -0.15) is 14.9 Å². The summed E-state index contributed by atoms with van der Waals surface area (Å²) >= 11 is 1.56. The van der Waals surface area contributed by atoms with Crippen molar-refractivity contribution < 1.29 is 4.79 Å². The zero-order valence-electron chi connectivity index (χ0n) is 17.2. The largest absolute Gasteiger partial charge is 0.305 e. The van der Waals surface area contributed by atoms with Crippen LogP contribution >= 0.6 is 11.3 Å². The van der Waals surface area contributed by atoms with Gasteiger partial charge in [-0.15, -0.1) is 0 Å². The van der Waals surface area contributed by atoms with Crippen LogP contribution in [0, 0.1) is 6.92 Å². The average molecular weight is 409 g/mol. The molecule has 0 saturated heterocycles. The van der Waals surface area contributed by atoms with Crippen molar-refractivity contribution in [2.45, 2.75) is 46.6 Å². The lowest BCUT2D eigenvalue weighted by molar-refractivity contribution is 0.102. The van der Waals surface area contributed by atoms with E-state index in [2.05, 4.69) is 48.4 Å². The Balaban J connectivity index is 1.68. The third-order valence-electron chi connectivity index (χ3n) is 4.69. The molecule has 3 heterocycles. The maximum Gasteiger partial charge on any atom is 0.277 e. The van der Waals surface area contributed by atoms with E-state index in [1.54, 1.807) is 33.0 Å². The molecule has 0 radical (unpaired) electrons. The number of fused-ring (bicyclic) bond motifs is 1. The van der Waals surface area contributed by atoms with E-state index in [0.717, 1.165) is 15.9 Å². The molecule has 0 fully saturated rings. The summed E-state index contributed by atoms with van der Waals surface area (Å²) in [4.78, 5) is 17.3. The van der Waals surface area contributed by atoms with Crippen LogP contribution in [0.1, 0.15) is 49.4 Å². The van der Waals surface area contributed by atoms with Gasteiger partial charge in [-0.25, -0.2) is 4.98 Å². The normalized spacial score (nSPS) is 11.9. The van der Waals surface area contributed by atoms with E-state index >= 15 is 0 Å². The van der Waals surface area contributed by atoms with Gasteiger partial charge in [0.2, 0.25) is 5.13 Å². The summed E-state index contributed by atoms with van der Waals surface area (Å²) in [5.74, 6) is 0.308. The molecule has 0 saturated carbocycles. The Morgan fingerprint density at radius 3 is 2.66 bits per heavy atom. The number of nitrogens with one attached hydrogen (secondary N) is 1. The van der Waals surface area contributed by atoms with Crippen molar-refractivity contribution in [1.29, 1.82) is 0 Å². The Bertz CT molecular complexity index is 1190. The number of amides is 1. The molecule has 1 aromatic carbocycles. The van der Waals surface area contributed by atoms with Crippen molar-refractivity contribution in [2.24, 2.45) is 0 Å². The van der Waals surface area contributed by atoms with Gasteiger partial charge < -0.3 is 5.32 Å². The second kappa shape index (κ2) is 7.11. The molecule has 29 heavy (non-hydrogen) atoms. The van der Waals surface area contributed by atoms with E-state index in [-0.39, 0.29) is 11.3 Å². The number of rotatable bonds is 4. The Labute approximate surface area is 173 Å². The first-order valence-electron chi connectivity index (χ1n) is 9.57. The lowest BCUT2D eigenvalue weighted by atomic mass is 9.87. The van der Waals surface area contributed by atoms with Gasteiger partial charge in [0.15, 0.2) is 5.69 Å². The van der Waals surface area contributed by atoms with Gasteiger partial charge >= 0.3 is 0 Å². The Morgan fingerprint density at radius 1 is 1.17 bits per heavy atom. The number of hydrogen-bond acceptors (Lipinski definition) is 5. The third kappa shape index (κ3) is 3.80. The van der Waals surface area contributed by atoms with E-state index in [1.165, 1.54) is 5.56 Å². The number of thiazole rings is 1. The molecule has 7 nitrogen and oxygen atoms in total. The zero-order valence-corrected chi connectivity index (χ0v) is 18.0. The first-order valence-corrected chi connectivity index (χ1v) is 10.4. The van der Waals surface area contributed by atoms with E-state index < -0.39 is 0 Å². The van der Waals surface area contributed by atoms with Gasteiger partial charge in [0.05, 0.1) is 15.9 Å². The van der Waals surface area contributed by atoms with Crippen molar-refractivity contribution in [3.63, 3.8) is 0 Å². The summed E-state index contributed by atoms with van der Waals surface area (Å²) in [5.41, 5.74) is 3.43. The molecule has 150 valence electrons. The van der Waals surface area contributed by atoms with Crippen molar-refractivity contribution in [3.05, 3.63) is 53.5 Å². The smallest absolute Gasteiger partial charge is 0.277 e. The van der Waals surface area contributed by atoms with E-state index in [4.69, 9.17) is 4.98 Å². The van der Waals surface area contributed by atoms with E-state index in [1.807, 2.05) is 26.0 Å². The maximum absolute atomic E-state index is 12.6. The molecule has 4 aromatic rings. The fourth-order valence-electron chi connectivity index (χ4n) is 3.04. The number of carbonyl (C=O) groups is 1. The van der Waals surface area contributed by atoms with Crippen LogP contribution in [0.3, 0.4) is 0 Å². The van der Waals surface area contributed by atoms with Crippen LogP contribution < -0.4 is 5.32 Å². The highest BCUT2D eigenvalue weighted by Gasteiger charge is 2.18. The minimum Gasteiger partial charge on any atom is -0.305 e. The third-order valence-corrected chi connectivity index (χ3v) is 5.69. The Kier molecular flexibility index (Phi) is 4.74. The number of aromatic nitrogens is 5. The highest BCUT2D eigenvalue weighted by Crippen LogP contribution is 2.31. The Hall–Kier alpha value is -3.00. The molecule has 1 amide bonds. The number of hydrogen-bond donors (Lipinski definition) is 1. The molecule has 0 aliphatic heterocycles. The summed E-state index contributed by atoms with van der Waals surface area (Å²) in [5, 5.41) is 12.4. The van der Waals surface area contributed by atoms with Gasteiger partial charge in [-0.05, 0) is 43.0 Å². The molecule has 0 aliphatic carbocycles. The first-order chi connectivity index (χ1) is 13.7. The summed E-state index contributed by atoms with van der Waals surface area (Å²) in [6.07, 6.45) is 1.79. The molecule has 0 spiro atoms. The predicted molar refractivity (Wildman–Crippen MR) is 116 cm³/mol. The zero-order chi connectivity index (χ0) is 20.8. The van der Waals surface area contributed by atoms with Crippen molar-refractivity contribution in [1.82, 2.24) is 24.5 Å². The van der Waals surface area contributed by atoms with Gasteiger partial charge in [0, 0.05) is 18.8 Å². The minimum atomic E-state index is -0.269. The van der Waals surface area contributed by atoms with Gasteiger partial charge in [0.25, 0.3) is 5.91 Å². The first kappa shape index (κ1) is 19.3. The van der Waals surface area contributed by atoms with E-state index in [9.17, 15) is 4.79 Å². The lowest BCUT2D eigenvalue weighted by Gasteiger charge is -2.18. The average Bonchev–Trinajstić information content (AvgIpc) is 3.37. The molecule has 0 aliphatic rings. The highest BCUT2D eigenvalue weighted by molar-refractivity contribution is 7.20. The predicted octanol–water partition coefficient (Wildman–Crippen LogP) is 4.56. The molecular formula is C21H24N6OS. The molecule has 0 atom stereocenters. The van der Waals surface area contributed by atoms with Crippen LogP contribution in [-0.4, -0.2) is 30.5 Å². The quantitative estimate of drug-likeness (QED) is 0.537. The second-order valence-electron chi connectivity index (χ2n) is 8.02. The Morgan fingerprint density at radius 2 is 1.97 bits per heavy atom.